The van der Waals surface area contributed by atoms with Crippen LogP contribution in [0.5, 0.6) is 28.7 Å². The molecule has 1 aliphatic rings. The molecule has 22 heavy (non-hydrogen) atoms. The maximum atomic E-state index is 12.3. The lowest BCUT2D eigenvalue weighted by Gasteiger charge is -2.27. The van der Waals surface area contributed by atoms with Crippen LogP contribution in [-0.4, -0.2) is 26.2 Å². The smallest absolute Gasteiger partial charge is 0.174 e. The Hall–Kier alpha value is -2.89. The summed E-state index contributed by atoms with van der Waals surface area (Å²) in [4.78, 5) is 12.3. The summed E-state index contributed by atoms with van der Waals surface area (Å²) in [5.41, 5.74) is 0.677. The summed E-state index contributed by atoms with van der Waals surface area (Å²) in [6.45, 7) is 1.50. The van der Waals surface area contributed by atoms with Crippen LogP contribution >= 0.6 is 0 Å². The minimum atomic E-state index is -0.723. The quantitative estimate of drug-likeness (QED) is 0.645. The molecule has 6 nitrogen and oxygen atoms in total. The molecule has 0 amide bonds. The second kappa shape index (κ2) is 4.84. The Bertz CT molecular complexity index is 760. The van der Waals surface area contributed by atoms with Crippen molar-refractivity contribution in [3.05, 3.63) is 41.0 Å². The molecule has 0 fully saturated rings. The number of phenolic OH excluding ortho intramolecular Hbond substituents is 4. The van der Waals surface area contributed by atoms with Gasteiger partial charge in [-0.2, -0.15) is 0 Å². The molecule has 1 atom stereocenters. The molecule has 3 rings (SSSR count). The van der Waals surface area contributed by atoms with Crippen molar-refractivity contribution in [1.29, 1.82) is 0 Å². The lowest BCUT2D eigenvalue weighted by atomic mass is 9.94. The van der Waals surface area contributed by atoms with Gasteiger partial charge in [0.25, 0.3) is 0 Å². The molecule has 4 N–H and O–H groups in total. The highest BCUT2D eigenvalue weighted by Crippen LogP contribution is 2.44. The second-order valence-electron chi connectivity index (χ2n) is 5.26. The predicted octanol–water partition coefficient (Wildman–Crippen LogP) is 2.52. The third-order valence-corrected chi connectivity index (χ3v) is 3.71. The molecule has 0 spiro atoms. The predicted molar refractivity (Wildman–Crippen MR) is 76.6 cm³/mol. The number of Topliss-reactive ketones (excluding diaryl/α,β-unsaturated/α-hetero) is 1. The van der Waals surface area contributed by atoms with Crippen LogP contribution in [0.25, 0.3) is 0 Å². The van der Waals surface area contributed by atoms with Gasteiger partial charge in [-0.05, 0) is 19.1 Å². The highest BCUT2D eigenvalue weighted by atomic mass is 16.5. The Morgan fingerprint density at radius 3 is 2.32 bits per heavy atom. The Labute approximate surface area is 125 Å². The minimum absolute atomic E-state index is 0.0379. The fourth-order valence-corrected chi connectivity index (χ4v) is 2.55. The number of hydrogen-bond donors (Lipinski definition) is 4. The van der Waals surface area contributed by atoms with E-state index < -0.39 is 6.10 Å². The zero-order chi connectivity index (χ0) is 16.0. The van der Waals surface area contributed by atoms with Crippen molar-refractivity contribution >= 4 is 5.78 Å². The Kier molecular flexibility index (Phi) is 3.09. The van der Waals surface area contributed by atoms with Gasteiger partial charge in [-0.3, -0.25) is 4.79 Å². The Balaban J connectivity index is 2.06. The van der Waals surface area contributed by atoms with E-state index in [2.05, 4.69) is 0 Å². The summed E-state index contributed by atoms with van der Waals surface area (Å²) >= 11 is 0. The van der Waals surface area contributed by atoms with E-state index in [4.69, 9.17) is 4.74 Å². The van der Waals surface area contributed by atoms with E-state index >= 15 is 0 Å². The normalized spacial score (nSPS) is 17.0. The van der Waals surface area contributed by atoms with E-state index in [1.807, 2.05) is 0 Å². The monoisotopic (exact) mass is 302 g/mol. The van der Waals surface area contributed by atoms with Crippen molar-refractivity contribution in [2.24, 2.45) is 0 Å². The largest absolute Gasteiger partial charge is 0.508 e. The highest BCUT2D eigenvalue weighted by Gasteiger charge is 2.32. The molecular weight excluding hydrogens is 288 g/mol. The van der Waals surface area contributed by atoms with E-state index in [1.165, 1.54) is 31.2 Å². The van der Waals surface area contributed by atoms with Gasteiger partial charge in [0.05, 0.1) is 6.42 Å². The molecule has 0 unspecified atom stereocenters. The molecule has 0 saturated carbocycles. The number of carbonyl (C=O) groups excluding carboxylic acids is 1. The maximum Gasteiger partial charge on any atom is 0.174 e. The molecule has 0 saturated heterocycles. The van der Waals surface area contributed by atoms with Crippen LogP contribution in [0.3, 0.4) is 0 Å². The molecule has 2 aromatic rings. The first-order chi connectivity index (χ1) is 10.4. The number of phenols is 4. The lowest BCUT2D eigenvalue weighted by molar-refractivity contribution is 0.0843. The number of ether oxygens (including phenoxy) is 1. The van der Waals surface area contributed by atoms with Gasteiger partial charge in [-0.1, -0.05) is 0 Å². The summed E-state index contributed by atoms with van der Waals surface area (Å²) in [6.07, 6.45) is -0.771. The Morgan fingerprint density at radius 2 is 1.68 bits per heavy atom. The number of benzene rings is 2. The first-order valence-electron chi connectivity index (χ1n) is 6.65. The van der Waals surface area contributed by atoms with Gasteiger partial charge in [0, 0.05) is 23.3 Å². The van der Waals surface area contributed by atoms with Crippen LogP contribution in [0.4, 0.5) is 0 Å². The molecular formula is C16H14O6. The average Bonchev–Trinajstić information content (AvgIpc) is 2.43. The summed E-state index contributed by atoms with van der Waals surface area (Å²) in [5.74, 6) is -1.03. The van der Waals surface area contributed by atoms with E-state index in [0.29, 0.717) is 5.56 Å². The van der Waals surface area contributed by atoms with Gasteiger partial charge in [-0.15, -0.1) is 0 Å². The third-order valence-electron chi connectivity index (χ3n) is 3.71. The van der Waals surface area contributed by atoms with E-state index in [0.717, 1.165) is 0 Å². The standard InChI is InChI=1S/C16H14O6/c1-7-11(19)5-14-15(16(7)21)12(20)6-13(22-14)8-2-9(17)4-10(18)3-8/h2-5,13,17-19,21H,6H2,1H3/t13-/m1/s1. The van der Waals surface area contributed by atoms with Crippen LogP contribution in [0, 0.1) is 6.92 Å². The number of carbonyl (C=O) groups is 1. The van der Waals surface area contributed by atoms with Crippen LogP contribution in [0.2, 0.25) is 0 Å². The summed E-state index contributed by atoms with van der Waals surface area (Å²) in [7, 11) is 0. The highest BCUT2D eigenvalue weighted by molar-refractivity contribution is 6.03. The van der Waals surface area contributed by atoms with Crippen molar-refractivity contribution in [3.63, 3.8) is 0 Å². The molecule has 2 aromatic carbocycles. The zero-order valence-electron chi connectivity index (χ0n) is 11.7. The van der Waals surface area contributed by atoms with Crippen LogP contribution in [0.1, 0.15) is 34.0 Å². The van der Waals surface area contributed by atoms with Gasteiger partial charge in [0.1, 0.15) is 40.4 Å². The zero-order valence-corrected chi connectivity index (χ0v) is 11.7. The molecule has 0 radical (unpaired) electrons. The summed E-state index contributed by atoms with van der Waals surface area (Å²) < 4.78 is 5.65. The van der Waals surface area contributed by atoms with E-state index in [9.17, 15) is 25.2 Å². The molecule has 6 heteroatoms. The van der Waals surface area contributed by atoms with Crippen molar-refractivity contribution in [2.45, 2.75) is 19.4 Å². The topological polar surface area (TPSA) is 107 Å². The number of aromatic hydroxyl groups is 4. The molecule has 0 aromatic heterocycles. The van der Waals surface area contributed by atoms with E-state index in [-0.39, 0.29) is 52.1 Å². The molecule has 0 bridgehead atoms. The second-order valence-corrected chi connectivity index (χ2v) is 5.26. The fraction of sp³-hybridized carbons (Fsp3) is 0.188. The van der Waals surface area contributed by atoms with Crippen molar-refractivity contribution in [1.82, 2.24) is 0 Å². The molecule has 0 aliphatic carbocycles. The molecule has 1 heterocycles. The third kappa shape index (κ3) is 2.18. The summed E-state index contributed by atoms with van der Waals surface area (Å²) in [6, 6.07) is 5.22. The summed E-state index contributed by atoms with van der Waals surface area (Å²) in [5, 5.41) is 38.8. The van der Waals surface area contributed by atoms with Gasteiger partial charge in [-0.25, -0.2) is 0 Å². The van der Waals surface area contributed by atoms with Gasteiger partial charge in [0.15, 0.2) is 5.78 Å². The number of fused-ring (bicyclic) bond motifs is 1. The molecule has 1 aliphatic heterocycles. The fourth-order valence-electron chi connectivity index (χ4n) is 2.55. The van der Waals surface area contributed by atoms with Crippen molar-refractivity contribution in [2.75, 3.05) is 0 Å². The van der Waals surface area contributed by atoms with Gasteiger partial charge in [0.2, 0.25) is 0 Å². The molecule has 114 valence electrons. The average molecular weight is 302 g/mol. The van der Waals surface area contributed by atoms with Gasteiger partial charge < -0.3 is 25.2 Å². The van der Waals surface area contributed by atoms with E-state index in [1.54, 1.807) is 0 Å². The first kappa shape index (κ1) is 14.1. The SMILES string of the molecule is Cc1c(O)cc2c(c1O)C(=O)C[C@H](c1cc(O)cc(O)c1)O2. The Morgan fingerprint density at radius 1 is 1.05 bits per heavy atom. The van der Waals surface area contributed by atoms with Crippen molar-refractivity contribution < 1.29 is 30.0 Å². The maximum absolute atomic E-state index is 12.3. The first-order valence-corrected chi connectivity index (χ1v) is 6.65. The minimum Gasteiger partial charge on any atom is -0.508 e. The van der Waals surface area contributed by atoms with Crippen LogP contribution < -0.4 is 4.74 Å². The van der Waals surface area contributed by atoms with Crippen LogP contribution in [0.15, 0.2) is 24.3 Å². The van der Waals surface area contributed by atoms with Crippen LogP contribution in [-0.2, 0) is 0 Å². The number of rotatable bonds is 1. The lowest BCUT2D eigenvalue weighted by Crippen LogP contribution is -2.20. The number of hydrogen-bond acceptors (Lipinski definition) is 6. The van der Waals surface area contributed by atoms with Crippen molar-refractivity contribution in [3.8, 4) is 28.7 Å². The number of ketones is 1. The van der Waals surface area contributed by atoms with Gasteiger partial charge >= 0.3 is 0 Å².